The maximum absolute atomic E-state index is 10.9. The van der Waals surface area contributed by atoms with E-state index in [1.54, 1.807) is 6.07 Å². The number of rotatable bonds is 3. The van der Waals surface area contributed by atoms with Crippen LogP contribution >= 0.6 is 17.1 Å². The Morgan fingerprint density at radius 3 is 2.43 bits per heavy atom. The van der Waals surface area contributed by atoms with Crippen molar-refractivity contribution in [2.24, 2.45) is 0 Å². The molecule has 2 nitrogen and oxygen atoms in total. The molecule has 0 spiro atoms. The molecule has 14 heavy (non-hydrogen) atoms. The minimum Gasteiger partial charge on any atom is -0.824 e. The second-order valence-electron chi connectivity index (χ2n) is 2.50. The van der Waals surface area contributed by atoms with E-state index < -0.39 is 5.69 Å². The van der Waals surface area contributed by atoms with E-state index in [1.807, 2.05) is 25.1 Å². The van der Waals surface area contributed by atoms with Gasteiger partial charge in [0.15, 0.2) is 0 Å². The molecule has 72 valence electrons. The van der Waals surface area contributed by atoms with Crippen LogP contribution in [0, 0.1) is 0 Å². The molecule has 6 heteroatoms. The summed E-state index contributed by atoms with van der Waals surface area (Å²) < 4.78 is 0. The predicted molar refractivity (Wildman–Crippen MR) is 56.0 cm³/mol. The molecule has 1 rings (SSSR count). The van der Waals surface area contributed by atoms with Gasteiger partial charge >= 0.3 is 19.5 Å². The van der Waals surface area contributed by atoms with Gasteiger partial charge in [0.2, 0.25) is 0 Å². The van der Waals surface area contributed by atoms with E-state index in [9.17, 15) is 9.79 Å². The number of aryl methyl sites for hydroxylation is 1. The Labute approximate surface area is 106 Å². The van der Waals surface area contributed by atoms with Gasteiger partial charge in [-0.25, -0.2) is 0 Å². The Hall–Kier alpha value is 0.763. The Bertz CT molecular complexity index is 340. The molecule has 0 amide bonds. The van der Waals surface area contributed by atoms with E-state index >= 15 is 0 Å². The second kappa shape index (κ2) is 6.37. The van der Waals surface area contributed by atoms with Crippen molar-refractivity contribution >= 4 is 28.9 Å². The molecule has 0 aliphatic carbocycles. The zero-order valence-electron chi connectivity index (χ0n) is 7.80. The molecule has 0 saturated heterocycles. The van der Waals surface area contributed by atoms with Crippen molar-refractivity contribution in [2.75, 3.05) is 0 Å². The maximum Gasteiger partial charge on any atom is 2.00 e. The Morgan fingerprint density at radius 2 is 1.93 bits per heavy atom. The van der Waals surface area contributed by atoms with E-state index in [0.29, 0.717) is 0 Å². The Balaban J connectivity index is 0.00000169. The smallest absolute Gasteiger partial charge is 0.824 e. The summed E-state index contributed by atoms with van der Waals surface area (Å²) in [6.07, 6.45) is 0.818. The summed E-state index contributed by atoms with van der Waals surface area (Å²) in [4.78, 5) is 22.5. The normalized spacial score (nSPS) is 10.8. The zero-order chi connectivity index (χ0) is 9.90. The van der Waals surface area contributed by atoms with Crippen LogP contribution in [0.2, 0.25) is 0 Å². The third kappa shape index (κ3) is 5.02. The van der Waals surface area contributed by atoms with Gasteiger partial charge in [-0.1, -0.05) is 25.1 Å². The fourth-order valence-corrected chi connectivity index (χ4v) is 3.70. The van der Waals surface area contributed by atoms with Gasteiger partial charge in [-0.15, -0.1) is 23.2 Å². The maximum atomic E-state index is 10.9. The third-order valence-electron chi connectivity index (χ3n) is 1.56. The monoisotopic (exact) mass is 296 g/mol. The van der Waals surface area contributed by atoms with Crippen LogP contribution in [0.25, 0.3) is 0 Å². The average molecular weight is 298 g/mol. The van der Waals surface area contributed by atoms with Gasteiger partial charge in [0.25, 0.3) is 0 Å². The minimum absolute atomic E-state index is 0. The fraction of sp³-hybridized carbons (Fsp3) is 0.250. The zero-order valence-corrected chi connectivity index (χ0v) is 13.3. The van der Waals surface area contributed by atoms with E-state index in [-0.39, 0.29) is 19.5 Å². The van der Waals surface area contributed by atoms with Crippen molar-refractivity contribution in [3.63, 3.8) is 0 Å². The van der Waals surface area contributed by atoms with Crippen molar-refractivity contribution in [1.29, 1.82) is 0 Å². The molecule has 0 radical (unpaired) electrons. The number of hydrogen-bond acceptors (Lipinski definition) is 4. The molecule has 0 saturated carbocycles. The van der Waals surface area contributed by atoms with Gasteiger partial charge in [0.05, 0.1) is 0 Å². The quantitative estimate of drug-likeness (QED) is 0.623. The molecule has 0 heterocycles. The first-order chi connectivity index (χ1) is 6.03. The van der Waals surface area contributed by atoms with Crippen molar-refractivity contribution in [1.82, 2.24) is 0 Å². The molecule has 0 aromatic heterocycles. The molecule has 0 aliphatic heterocycles. The van der Waals surface area contributed by atoms with E-state index in [2.05, 4.69) is 11.8 Å². The first kappa shape index (κ1) is 14.8. The van der Waals surface area contributed by atoms with Gasteiger partial charge in [-0.2, -0.15) is 5.69 Å². The van der Waals surface area contributed by atoms with Crippen LogP contribution in [0.3, 0.4) is 0 Å². The van der Waals surface area contributed by atoms with Crippen molar-refractivity contribution in [3.8, 4) is 0 Å². The molecule has 0 unspecified atom stereocenters. The molecule has 1 aromatic rings. The van der Waals surface area contributed by atoms with Crippen molar-refractivity contribution in [2.45, 2.75) is 18.2 Å². The molecule has 0 N–H and O–H groups in total. The van der Waals surface area contributed by atoms with Gasteiger partial charge in [-0.3, -0.25) is 0 Å². The molecular weight excluding hydrogens is 289 g/mol. The first-order valence-corrected chi connectivity index (χ1v) is 7.88. The largest absolute Gasteiger partial charge is 2.00 e. The second-order valence-corrected chi connectivity index (χ2v) is 8.14. The average Bonchev–Trinajstić information content (AvgIpc) is 2.02. The van der Waals surface area contributed by atoms with Crippen LogP contribution < -0.4 is 9.79 Å². The third-order valence-corrected chi connectivity index (χ3v) is 4.31. The van der Waals surface area contributed by atoms with Crippen LogP contribution in [0.1, 0.15) is 12.5 Å². The molecular formula is C8H9O2PS2Zn. The number of hydrogen-bond donors (Lipinski definition) is 0. The Morgan fingerprint density at radius 1 is 1.36 bits per heavy atom. The van der Waals surface area contributed by atoms with Crippen LogP contribution in [0.5, 0.6) is 0 Å². The molecule has 0 aliphatic rings. The molecule has 0 bridgehead atoms. The summed E-state index contributed by atoms with van der Waals surface area (Å²) >= 11 is 5.10. The summed E-state index contributed by atoms with van der Waals surface area (Å²) in [5.41, 5.74) is -2.66. The van der Waals surface area contributed by atoms with Crippen molar-refractivity contribution < 1.29 is 29.3 Å². The van der Waals surface area contributed by atoms with Crippen LogP contribution in [0.15, 0.2) is 29.2 Å². The van der Waals surface area contributed by atoms with Crippen LogP contribution in [-0.4, -0.2) is 0 Å². The molecule has 0 atom stereocenters. The van der Waals surface area contributed by atoms with E-state index in [0.717, 1.165) is 28.3 Å². The fourth-order valence-electron chi connectivity index (χ4n) is 1.01. The summed E-state index contributed by atoms with van der Waals surface area (Å²) in [5, 5.41) is 0. The summed E-state index contributed by atoms with van der Waals surface area (Å²) in [7, 11) is 0. The van der Waals surface area contributed by atoms with Crippen LogP contribution in [0.4, 0.5) is 0 Å². The van der Waals surface area contributed by atoms with Gasteiger partial charge in [0, 0.05) is 4.90 Å². The number of benzene rings is 1. The van der Waals surface area contributed by atoms with E-state index in [4.69, 9.17) is 0 Å². The Kier molecular flexibility index (Phi) is 6.72. The summed E-state index contributed by atoms with van der Waals surface area (Å²) in [6.45, 7) is 1.98. The van der Waals surface area contributed by atoms with Crippen molar-refractivity contribution in [3.05, 3.63) is 29.8 Å². The summed E-state index contributed by atoms with van der Waals surface area (Å²) in [6, 6.07) is 7.39. The van der Waals surface area contributed by atoms with E-state index in [1.165, 1.54) is 0 Å². The SMILES string of the molecule is CCc1ccccc1SP([O-])([O-])=S.[Zn+2]. The van der Waals surface area contributed by atoms with Gasteiger partial charge in [0.1, 0.15) is 0 Å². The first-order valence-electron chi connectivity index (χ1n) is 3.82. The summed E-state index contributed by atoms with van der Waals surface area (Å²) in [5.74, 6) is 0. The van der Waals surface area contributed by atoms with Gasteiger partial charge < -0.3 is 9.79 Å². The standard InChI is InChI=1S/C8H11O2PS2.Zn/c1-2-7-5-3-4-6-8(7)13-11(9,10)12;/h3-6H,2H2,1H3,(H2,9,10,12);/q;+2/p-2. The van der Waals surface area contributed by atoms with Gasteiger partial charge in [-0.05, 0) is 18.1 Å². The van der Waals surface area contributed by atoms with Crippen LogP contribution in [-0.2, 0) is 37.7 Å². The minimum atomic E-state index is -3.68. The molecule has 0 fully saturated rings. The molecule has 1 aromatic carbocycles. The topological polar surface area (TPSA) is 46.1 Å². The predicted octanol–water partition coefficient (Wildman–Crippen LogP) is 1.28.